The van der Waals surface area contributed by atoms with E-state index < -0.39 is 27.4 Å². The molecule has 10 heteroatoms. The molecule has 3 rings (SSSR count). The molecule has 0 spiro atoms. The monoisotopic (exact) mass is 483 g/mol. The molecule has 0 atom stereocenters. The Morgan fingerprint density at radius 1 is 1.06 bits per heavy atom. The Morgan fingerprint density at radius 3 is 2.38 bits per heavy atom. The Kier molecular flexibility index (Phi) is 7.52. The molecule has 9 nitrogen and oxygen atoms in total. The minimum absolute atomic E-state index is 0.0173. The number of aryl methyl sites for hydroxylation is 2. The summed E-state index contributed by atoms with van der Waals surface area (Å²) in [7, 11) is -4.15. The number of nitro groups is 1. The largest absolute Gasteiger partial charge is 0.492 e. The Morgan fingerprint density at radius 2 is 1.74 bits per heavy atom. The summed E-state index contributed by atoms with van der Waals surface area (Å²) in [6, 6.07) is 16.9. The predicted molar refractivity (Wildman–Crippen MR) is 130 cm³/mol. The molecule has 1 amide bonds. The van der Waals surface area contributed by atoms with Crippen molar-refractivity contribution in [3.05, 3.63) is 88.0 Å². The minimum Gasteiger partial charge on any atom is -0.492 e. The highest BCUT2D eigenvalue weighted by Crippen LogP contribution is 2.33. The van der Waals surface area contributed by atoms with Gasteiger partial charge in [0.05, 0.1) is 27.8 Å². The molecule has 0 saturated carbocycles. The first-order chi connectivity index (χ1) is 16.1. The van der Waals surface area contributed by atoms with E-state index >= 15 is 0 Å². The van der Waals surface area contributed by atoms with Crippen molar-refractivity contribution in [2.75, 3.05) is 22.8 Å². The third-order valence-corrected chi connectivity index (χ3v) is 6.81. The minimum atomic E-state index is -4.15. The number of nitro benzene ring substituents is 1. The molecule has 34 heavy (non-hydrogen) atoms. The van der Waals surface area contributed by atoms with E-state index in [0.29, 0.717) is 17.9 Å². The van der Waals surface area contributed by atoms with E-state index in [1.165, 1.54) is 30.3 Å². The van der Waals surface area contributed by atoms with Gasteiger partial charge >= 0.3 is 0 Å². The van der Waals surface area contributed by atoms with Crippen LogP contribution in [0.15, 0.2) is 71.6 Å². The van der Waals surface area contributed by atoms with Crippen LogP contribution >= 0.6 is 0 Å². The number of ether oxygens (including phenoxy) is 1. The van der Waals surface area contributed by atoms with Gasteiger partial charge in [-0.15, -0.1) is 0 Å². The molecular formula is C24H25N3O6S. The summed E-state index contributed by atoms with van der Waals surface area (Å²) in [6.07, 6.45) is 0. The molecule has 178 valence electrons. The fraction of sp³-hybridized carbons (Fsp3) is 0.208. The molecule has 3 aromatic rings. The number of carbonyl (C=O) groups excluding carboxylic acids is 1. The van der Waals surface area contributed by atoms with E-state index in [-0.39, 0.29) is 22.0 Å². The Balaban J connectivity index is 2.01. The average molecular weight is 484 g/mol. The lowest BCUT2D eigenvalue weighted by Gasteiger charge is -2.26. The van der Waals surface area contributed by atoms with Gasteiger partial charge in [-0.1, -0.05) is 35.9 Å². The van der Waals surface area contributed by atoms with Crippen molar-refractivity contribution in [1.29, 1.82) is 0 Å². The summed E-state index contributed by atoms with van der Waals surface area (Å²) >= 11 is 0. The maximum absolute atomic E-state index is 13.6. The second kappa shape index (κ2) is 10.3. The van der Waals surface area contributed by atoms with Gasteiger partial charge in [-0.25, -0.2) is 8.42 Å². The molecule has 0 aliphatic carbocycles. The van der Waals surface area contributed by atoms with Crippen LogP contribution in [0.1, 0.15) is 18.1 Å². The van der Waals surface area contributed by atoms with Gasteiger partial charge in [0.1, 0.15) is 12.3 Å². The number of hydrogen-bond acceptors (Lipinski definition) is 6. The fourth-order valence-corrected chi connectivity index (χ4v) is 4.69. The molecule has 0 unspecified atom stereocenters. The van der Waals surface area contributed by atoms with Crippen molar-refractivity contribution >= 4 is 33.0 Å². The topological polar surface area (TPSA) is 119 Å². The van der Waals surface area contributed by atoms with Gasteiger partial charge in [-0.2, -0.15) is 0 Å². The predicted octanol–water partition coefficient (Wildman–Crippen LogP) is 4.44. The Hall–Kier alpha value is -3.92. The SMILES string of the molecule is CCOc1ccccc1N(CC(=O)Nc1cc([N+](=O)[O-])ccc1C)S(=O)(=O)c1ccc(C)cc1. The number of anilines is 2. The van der Waals surface area contributed by atoms with E-state index in [4.69, 9.17) is 4.74 Å². The first-order valence-corrected chi connectivity index (χ1v) is 11.9. The van der Waals surface area contributed by atoms with E-state index in [1.807, 2.05) is 6.92 Å². The van der Waals surface area contributed by atoms with E-state index in [1.54, 1.807) is 50.2 Å². The third kappa shape index (κ3) is 5.52. The molecule has 0 radical (unpaired) electrons. The van der Waals surface area contributed by atoms with Crippen LogP contribution in [0.25, 0.3) is 0 Å². The van der Waals surface area contributed by atoms with Gasteiger partial charge in [-0.05, 0) is 50.6 Å². The van der Waals surface area contributed by atoms with E-state index in [2.05, 4.69) is 5.32 Å². The zero-order valence-electron chi connectivity index (χ0n) is 19.0. The van der Waals surface area contributed by atoms with Crippen LogP contribution in [0.4, 0.5) is 17.1 Å². The highest BCUT2D eigenvalue weighted by Gasteiger charge is 2.29. The number of para-hydroxylation sites is 2. The number of carbonyl (C=O) groups is 1. The summed E-state index contributed by atoms with van der Waals surface area (Å²) in [4.78, 5) is 23.6. The molecule has 0 heterocycles. The first-order valence-electron chi connectivity index (χ1n) is 10.5. The van der Waals surface area contributed by atoms with Crippen molar-refractivity contribution in [2.45, 2.75) is 25.7 Å². The Bertz CT molecular complexity index is 1310. The molecule has 1 N–H and O–H groups in total. The van der Waals surface area contributed by atoms with Crippen molar-refractivity contribution in [3.8, 4) is 5.75 Å². The van der Waals surface area contributed by atoms with E-state index in [0.717, 1.165) is 9.87 Å². The van der Waals surface area contributed by atoms with Crippen LogP contribution in [0, 0.1) is 24.0 Å². The van der Waals surface area contributed by atoms with Crippen molar-refractivity contribution in [3.63, 3.8) is 0 Å². The van der Waals surface area contributed by atoms with Crippen LogP contribution < -0.4 is 14.4 Å². The smallest absolute Gasteiger partial charge is 0.271 e. The molecule has 0 aromatic heterocycles. The van der Waals surface area contributed by atoms with Gasteiger partial charge in [0, 0.05) is 12.1 Å². The third-order valence-electron chi connectivity index (χ3n) is 5.04. The van der Waals surface area contributed by atoms with Crippen LogP contribution in [-0.4, -0.2) is 32.4 Å². The second-order valence-corrected chi connectivity index (χ2v) is 9.39. The maximum Gasteiger partial charge on any atom is 0.271 e. The second-order valence-electron chi connectivity index (χ2n) is 7.53. The van der Waals surface area contributed by atoms with Crippen molar-refractivity contribution < 1.29 is 22.9 Å². The standard InChI is InChI=1S/C24H25N3O6S/c1-4-33-23-8-6-5-7-22(23)26(34(31,32)20-13-9-17(2)10-14-20)16-24(28)25-21-15-19(27(29)30)12-11-18(21)3/h5-15H,4,16H2,1-3H3,(H,25,28). The lowest BCUT2D eigenvalue weighted by atomic mass is 10.2. The normalized spacial score (nSPS) is 11.0. The lowest BCUT2D eigenvalue weighted by Crippen LogP contribution is -2.38. The summed E-state index contributed by atoms with van der Waals surface area (Å²) in [6.45, 7) is 5.03. The maximum atomic E-state index is 13.6. The molecule has 3 aromatic carbocycles. The quantitative estimate of drug-likeness (QED) is 0.355. The molecule has 0 bridgehead atoms. The number of rotatable bonds is 9. The van der Waals surface area contributed by atoms with Gasteiger partial charge in [-0.3, -0.25) is 19.2 Å². The molecule has 0 aliphatic heterocycles. The van der Waals surface area contributed by atoms with Gasteiger partial charge in [0.25, 0.3) is 15.7 Å². The number of nitrogens with one attached hydrogen (secondary N) is 1. The van der Waals surface area contributed by atoms with Gasteiger partial charge in [0.2, 0.25) is 5.91 Å². The lowest BCUT2D eigenvalue weighted by molar-refractivity contribution is -0.384. The van der Waals surface area contributed by atoms with Crippen LogP contribution in [0.2, 0.25) is 0 Å². The zero-order valence-corrected chi connectivity index (χ0v) is 19.8. The molecular weight excluding hydrogens is 458 g/mol. The Labute approximate surface area is 198 Å². The van der Waals surface area contributed by atoms with E-state index in [9.17, 15) is 23.3 Å². The summed E-state index contributed by atoms with van der Waals surface area (Å²) in [5.74, 6) is -0.356. The summed E-state index contributed by atoms with van der Waals surface area (Å²) < 4.78 is 33.8. The number of non-ortho nitro benzene ring substituents is 1. The number of amides is 1. The van der Waals surface area contributed by atoms with Crippen LogP contribution in [0.5, 0.6) is 5.75 Å². The molecule has 0 fully saturated rings. The van der Waals surface area contributed by atoms with Crippen molar-refractivity contribution in [2.24, 2.45) is 0 Å². The van der Waals surface area contributed by atoms with Crippen LogP contribution in [0.3, 0.4) is 0 Å². The number of hydrogen-bond donors (Lipinski definition) is 1. The number of sulfonamides is 1. The van der Waals surface area contributed by atoms with Crippen LogP contribution in [-0.2, 0) is 14.8 Å². The van der Waals surface area contributed by atoms with Crippen molar-refractivity contribution in [1.82, 2.24) is 0 Å². The number of benzene rings is 3. The zero-order chi connectivity index (χ0) is 24.9. The summed E-state index contributed by atoms with van der Waals surface area (Å²) in [5, 5.41) is 13.7. The van der Waals surface area contributed by atoms with Gasteiger partial charge < -0.3 is 10.1 Å². The fourth-order valence-electron chi connectivity index (χ4n) is 3.26. The summed E-state index contributed by atoms with van der Waals surface area (Å²) in [5.41, 5.74) is 1.73. The number of nitrogens with zero attached hydrogens (tertiary/aromatic N) is 2. The average Bonchev–Trinajstić information content (AvgIpc) is 2.80. The molecule has 0 saturated heterocycles. The van der Waals surface area contributed by atoms with Gasteiger partial charge in [0.15, 0.2) is 0 Å². The highest BCUT2D eigenvalue weighted by atomic mass is 32.2. The first kappa shape index (κ1) is 24.7. The molecule has 0 aliphatic rings. The highest BCUT2D eigenvalue weighted by molar-refractivity contribution is 7.92.